The molecule has 0 saturated carbocycles. The molecular formula is C30H25F4N5O3S. The second-order valence-corrected chi connectivity index (χ2v) is 11.5. The maximum atomic E-state index is 13.3. The van der Waals surface area contributed by atoms with Crippen molar-refractivity contribution in [3.63, 3.8) is 0 Å². The number of hydrogen-bond acceptors (Lipinski definition) is 6. The number of benzene rings is 2. The van der Waals surface area contributed by atoms with Crippen LogP contribution < -0.4 is 10.6 Å². The quantitative estimate of drug-likeness (QED) is 0.200. The molecule has 0 fully saturated rings. The number of pyridine rings is 2. The Morgan fingerprint density at radius 1 is 0.977 bits per heavy atom. The topological polar surface area (TPSA) is 104 Å². The predicted octanol–water partition coefficient (Wildman–Crippen LogP) is 5.16. The molecule has 13 heteroatoms. The van der Waals surface area contributed by atoms with Gasteiger partial charge in [-0.2, -0.15) is 17.5 Å². The Morgan fingerprint density at radius 3 is 2.40 bits per heavy atom. The number of sulfonamides is 1. The van der Waals surface area contributed by atoms with E-state index in [1.54, 1.807) is 36.7 Å². The highest BCUT2D eigenvalue weighted by molar-refractivity contribution is 7.89. The Kier molecular flexibility index (Phi) is 8.55. The Morgan fingerprint density at radius 2 is 1.72 bits per heavy atom. The lowest BCUT2D eigenvalue weighted by Crippen LogP contribution is -2.45. The largest absolute Gasteiger partial charge is 0.416 e. The molecule has 1 aliphatic heterocycles. The van der Waals surface area contributed by atoms with Crippen molar-refractivity contribution < 1.29 is 30.8 Å². The zero-order chi connectivity index (χ0) is 30.6. The molecule has 1 amide bonds. The van der Waals surface area contributed by atoms with Crippen LogP contribution in [0.2, 0.25) is 0 Å². The van der Waals surface area contributed by atoms with Crippen LogP contribution in [0.1, 0.15) is 16.7 Å². The zero-order valence-electron chi connectivity index (χ0n) is 22.4. The van der Waals surface area contributed by atoms with Crippen LogP contribution in [0, 0.1) is 5.82 Å². The van der Waals surface area contributed by atoms with Crippen LogP contribution in [-0.4, -0.2) is 41.2 Å². The van der Waals surface area contributed by atoms with Crippen LogP contribution in [-0.2, 0) is 34.1 Å². The third-order valence-corrected chi connectivity index (χ3v) is 8.52. The molecule has 3 heterocycles. The number of hydrogen-bond donors (Lipinski definition) is 2. The van der Waals surface area contributed by atoms with Gasteiger partial charge in [0.1, 0.15) is 17.7 Å². The van der Waals surface area contributed by atoms with Crippen molar-refractivity contribution in [2.75, 3.05) is 11.9 Å². The van der Waals surface area contributed by atoms with Crippen molar-refractivity contribution in [3.05, 3.63) is 120 Å². The highest BCUT2D eigenvalue weighted by Gasteiger charge is 2.36. The van der Waals surface area contributed by atoms with Gasteiger partial charge in [0.25, 0.3) is 0 Å². The van der Waals surface area contributed by atoms with Gasteiger partial charge in [0.2, 0.25) is 15.9 Å². The first kappa shape index (κ1) is 29.9. The minimum atomic E-state index is -4.48. The summed E-state index contributed by atoms with van der Waals surface area (Å²) in [6, 6.07) is 14.7. The van der Waals surface area contributed by atoms with Gasteiger partial charge in [0.15, 0.2) is 0 Å². The first-order chi connectivity index (χ1) is 20.5. The molecule has 1 aliphatic rings. The van der Waals surface area contributed by atoms with Crippen molar-refractivity contribution in [3.8, 4) is 11.3 Å². The van der Waals surface area contributed by atoms with E-state index in [1.807, 2.05) is 6.07 Å². The summed E-state index contributed by atoms with van der Waals surface area (Å²) in [6.07, 6.45) is 1.85. The molecule has 43 heavy (non-hydrogen) atoms. The monoisotopic (exact) mass is 611 g/mol. The van der Waals surface area contributed by atoms with E-state index in [1.165, 1.54) is 18.2 Å². The number of carbonyl (C=O) groups is 1. The number of amides is 1. The summed E-state index contributed by atoms with van der Waals surface area (Å²) in [4.78, 5) is 21.6. The third-order valence-electron chi connectivity index (χ3n) is 6.66. The summed E-state index contributed by atoms with van der Waals surface area (Å²) in [7, 11) is -4.09. The van der Waals surface area contributed by atoms with Crippen LogP contribution in [0.3, 0.4) is 0 Å². The molecular weight excluding hydrogens is 586 g/mol. The number of alkyl halides is 3. The third kappa shape index (κ3) is 7.07. The van der Waals surface area contributed by atoms with Crippen LogP contribution in [0.5, 0.6) is 0 Å². The molecule has 1 atom stereocenters. The molecule has 0 bridgehead atoms. The molecule has 0 saturated heterocycles. The standard InChI is InChI=1S/C30H25F4N5O3S/c31-24-9-11-25(12-10-24)43(41,42)39-14-2-4-27(39)29(40)37-19-21-15-26(22-5-7-23(8-6-22)30(32,33)34)38-28(16-21)36-18-20-3-1-13-35-17-20/h1-13,15-17,27H,14,18-19H2,(H,36,38)(H,37,40)/t27-/m0/s1. The molecule has 0 unspecified atom stereocenters. The molecule has 0 aliphatic carbocycles. The van der Waals surface area contributed by atoms with Crippen LogP contribution in [0.25, 0.3) is 11.3 Å². The fourth-order valence-corrected chi connectivity index (χ4v) is 5.96. The summed E-state index contributed by atoms with van der Waals surface area (Å²) in [6.45, 7) is 0.311. The van der Waals surface area contributed by atoms with E-state index in [0.717, 1.165) is 46.3 Å². The van der Waals surface area contributed by atoms with E-state index < -0.39 is 39.5 Å². The Labute approximate surface area is 245 Å². The lowest BCUT2D eigenvalue weighted by molar-refractivity contribution is -0.137. The van der Waals surface area contributed by atoms with Gasteiger partial charge in [0.05, 0.1) is 16.2 Å². The van der Waals surface area contributed by atoms with Crippen molar-refractivity contribution in [1.82, 2.24) is 19.6 Å². The van der Waals surface area contributed by atoms with E-state index in [0.29, 0.717) is 29.2 Å². The Balaban J connectivity index is 1.36. The van der Waals surface area contributed by atoms with Crippen molar-refractivity contribution >= 4 is 21.7 Å². The maximum absolute atomic E-state index is 13.3. The lowest BCUT2D eigenvalue weighted by atomic mass is 10.1. The predicted molar refractivity (Wildman–Crippen MR) is 151 cm³/mol. The maximum Gasteiger partial charge on any atom is 0.416 e. The average molecular weight is 612 g/mol. The van der Waals surface area contributed by atoms with Gasteiger partial charge >= 0.3 is 6.18 Å². The van der Waals surface area contributed by atoms with E-state index in [4.69, 9.17) is 0 Å². The van der Waals surface area contributed by atoms with Gasteiger partial charge in [-0.15, -0.1) is 0 Å². The normalized spacial score (nSPS) is 15.4. The number of halogens is 4. The first-order valence-corrected chi connectivity index (χ1v) is 14.5. The summed E-state index contributed by atoms with van der Waals surface area (Å²) >= 11 is 0. The minimum absolute atomic E-state index is 0.0225. The van der Waals surface area contributed by atoms with Gasteiger partial charge in [0, 0.05) is 37.6 Å². The molecule has 2 aromatic carbocycles. The number of aromatic nitrogens is 2. The van der Waals surface area contributed by atoms with Gasteiger partial charge in [-0.1, -0.05) is 30.4 Å². The second-order valence-electron chi connectivity index (χ2n) is 9.66. The van der Waals surface area contributed by atoms with Crippen LogP contribution >= 0.6 is 0 Å². The second kappa shape index (κ2) is 12.3. The van der Waals surface area contributed by atoms with Crippen molar-refractivity contribution in [2.45, 2.75) is 30.2 Å². The molecule has 0 radical (unpaired) electrons. The van der Waals surface area contributed by atoms with E-state index in [9.17, 15) is 30.8 Å². The molecule has 0 spiro atoms. The number of carbonyl (C=O) groups excluding carboxylic acids is 1. The summed E-state index contributed by atoms with van der Waals surface area (Å²) in [5, 5.41) is 5.91. The number of rotatable bonds is 9. The van der Waals surface area contributed by atoms with E-state index in [-0.39, 0.29) is 18.0 Å². The smallest absolute Gasteiger partial charge is 0.366 e. The SMILES string of the molecule is O=C(NCc1cc(NCc2cccnc2)nc(-c2ccc(C(F)(F)F)cc2)c1)[C@@H]1C=CCN1S(=O)(=O)c1ccc(F)cc1. The number of nitrogens with one attached hydrogen (secondary N) is 2. The zero-order valence-corrected chi connectivity index (χ0v) is 23.2. The van der Waals surface area contributed by atoms with Gasteiger partial charge in [-0.25, -0.2) is 17.8 Å². The number of nitrogens with zero attached hydrogens (tertiary/aromatic N) is 3. The van der Waals surface area contributed by atoms with Crippen molar-refractivity contribution in [1.29, 1.82) is 0 Å². The van der Waals surface area contributed by atoms with Crippen LogP contribution in [0.4, 0.5) is 23.4 Å². The summed E-state index contributed by atoms with van der Waals surface area (Å²) in [5.74, 6) is -0.765. The number of anilines is 1. The molecule has 2 N–H and O–H groups in total. The summed E-state index contributed by atoms with van der Waals surface area (Å²) < 4.78 is 79.9. The van der Waals surface area contributed by atoms with Crippen molar-refractivity contribution in [2.24, 2.45) is 0 Å². The Bertz CT molecular complexity index is 1730. The van der Waals surface area contributed by atoms with Gasteiger partial charge in [-0.05, 0) is 65.7 Å². The van der Waals surface area contributed by atoms with E-state index >= 15 is 0 Å². The van der Waals surface area contributed by atoms with Gasteiger partial charge < -0.3 is 10.6 Å². The average Bonchev–Trinajstić information content (AvgIpc) is 3.51. The first-order valence-electron chi connectivity index (χ1n) is 13.0. The molecule has 2 aromatic heterocycles. The minimum Gasteiger partial charge on any atom is -0.366 e. The van der Waals surface area contributed by atoms with E-state index in [2.05, 4.69) is 20.6 Å². The summed E-state index contributed by atoms with van der Waals surface area (Å²) in [5.41, 5.74) is 1.45. The van der Waals surface area contributed by atoms with Crippen LogP contribution in [0.15, 0.2) is 102 Å². The van der Waals surface area contributed by atoms with Gasteiger partial charge in [-0.3, -0.25) is 9.78 Å². The molecule has 222 valence electrons. The molecule has 8 nitrogen and oxygen atoms in total. The molecule has 4 aromatic rings. The fourth-order valence-electron chi connectivity index (χ4n) is 4.46. The lowest BCUT2D eigenvalue weighted by Gasteiger charge is -2.23. The fraction of sp³-hybridized carbons (Fsp3) is 0.167. The highest BCUT2D eigenvalue weighted by Crippen LogP contribution is 2.31. The highest BCUT2D eigenvalue weighted by atomic mass is 32.2. The molecule has 5 rings (SSSR count). The Hall–Kier alpha value is -4.62.